The van der Waals surface area contributed by atoms with Gasteiger partial charge in [-0.1, -0.05) is 72.8 Å². The molecule has 20 heavy (non-hydrogen) atoms. The predicted molar refractivity (Wildman–Crippen MR) is 80.6 cm³/mol. The lowest BCUT2D eigenvalue weighted by atomic mass is 10.1. The Balaban J connectivity index is 0.000000205. The summed E-state index contributed by atoms with van der Waals surface area (Å²) in [6.45, 7) is 0. The second kappa shape index (κ2) is 7.64. The van der Waals surface area contributed by atoms with Crippen LogP contribution in [0.15, 0.2) is 91.1 Å². The van der Waals surface area contributed by atoms with Crippen LogP contribution < -0.4 is 0 Å². The molecule has 98 valence electrons. The van der Waals surface area contributed by atoms with E-state index in [1.807, 2.05) is 60.7 Å². The monoisotopic (exact) mass is 261 g/mol. The van der Waals surface area contributed by atoms with Crippen molar-refractivity contribution in [2.75, 3.05) is 0 Å². The van der Waals surface area contributed by atoms with Crippen molar-refractivity contribution in [3.8, 4) is 0 Å². The molecule has 0 aliphatic carbocycles. The Morgan fingerprint density at radius 2 is 1.15 bits per heavy atom. The van der Waals surface area contributed by atoms with Gasteiger partial charge in [0.1, 0.15) is 5.69 Å². The van der Waals surface area contributed by atoms with Gasteiger partial charge >= 0.3 is 0 Å². The third-order valence-electron chi connectivity index (χ3n) is 2.60. The van der Waals surface area contributed by atoms with Crippen LogP contribution >= 0.6 is 0 Å². The third kappa shape index (κ3) is 4.18. The summed E-state index contributed by atoms with van der Waals surface area (Å²) in [6.07, 6.45) is 1.62. The molecular weight excluding hydrogens is 246 g/mol. The summed E-state index contributed by atoms with van der Waals surface area (Å²) < 4.78 is 0. The van der Waals surface area contributed by atoms with Crippen LogP contribution in [0.4, 0.5) is 0 Å². The van der Waals surface area contributed by atoms with E-state index in [0.717, 1.165) is 0 Å². The highest BCUT2D eigenvalue weighted by atomic mass is 16.1. The summed E-state index contributed by atoms with van der Waals surface area (Å²) in [5.41, 5.74) is 1.16. The summed E-state index contributed by atoms with van der Waals surface area (Å²) in [4.78, 5) is 15.8. The number of hydrogen-bond acceptors (Lipinski definition) is 2. The van der Waals surface area contributed by atoms with Crippen molar-refractivity contribution in [1.29, 1.82) is 0 Å². The van der Waals surface area contributed by atoms with Crippen molar-refractivity contribution in [1.82, 2.24) is 4.98 Å². The standard InChI is InChI=1S/C12H9NO.C6H6/c14-12(10-6-2-1-3-7-10)11-8-4-5-9-13-11;1-2-4-6-5-3-1/h1-9H;1-6H. The van der Waals surface area contributed by atoms with E-state index in [-0.39, 0.29) is 5.78 Å². The lowest BCUT2D eigenvalue weighted by molar-refractivity contribution is 0.103. The number of nitrogens with zero attached hydrogens (tertiary/aromatic N) is 1. The molecule has 1 aromatic heterocycles. The molecular formula is C18H15NO. The summed E-state index contributed by atoms with van der Waals surface area (Å²) in [7, 11) is 0. The Labute approximate surface area is 118 Å². The van der Waals surface area contributed by atoms with Crippen LogP contribution in [0.5, 0.6) is 0 Å². The lowest BCUT2D eigenvalue weighted by Crippen LogP contribution is -2.02. The van der Waals surface area contributed by atoms with Gasteiger partial charge in [-0.15, -0.1) is 0 Å². The van der Waals surface area contributed by atoms with Crippen LogP contribution in [-0.2, 0) is 0 Å². The second-order valence-corrected chi connectivity index (χ2v) is 4.06. The van der Waals surface area contributed by atoms with Crippen LogP contribution in [0.3, 0.4) is 0 Å². The molecule has 0 unspecified atom stereocenters. The summed E-state index contributed by atoms with van der Waals surface area (Å²) in [5.74, 6) is -0.0359. The molecule has 0 fully saturated rings. The molecule has 2 nitrogen and oxygen atoms in total. The van der Waals surface area contributed by atoms with Crippen LogP contribution in [-0.4, -0.2) is 10.8 Å². The molecule has 0 spiro atoms. The summed E-state index contributed by atoms with van der Waals surface area (Å²) in [5, 5.41) is 0. The van der Waals surface area contributed by atoms with Crippen LogP contribution in [0.1, 0.15) is 16.1 Å². The van der Waals surface area contributed by atoms with E-state index in [1.165, 1.54) is 0 Å². The largest absolute Gasteiger partial charge is 0.287 e. The lowest BCUT2D eigenvalue weighted by Gasteiger charge is -1.98. The first-order valence-corrected chi connectivity index (χ1v) is 6.39. The van der Waals surface area contributed by atoms with Gasteiger partial charge in [-0.05, 0) is 12.1 Å². The maximum absolute atomic E-state index is 11.8. The van der Waals surface area contributed by atoms with Crippen LogP contribution in [0.2, 0.25) is 0 Å². The minimum atomic E-state index is -0.0359. The van der Waals surface area contributed by atoms with Crippen LogP contribution in [0.25, 0.3) is 0 Å². The van der Waals surface area contributed by atoms with Crippen molar-refractivity contribution in [3.05, 3.63) is 102 Å². The van der Waals surface area contributed by atoms with E-state index in [2.05, 4.69) is 4.98 Å². The van der Waals surface area contributed by atoms with Gasteiger partial charge in [-0.3, -0.25) is 9.78 Å². The maximum atomic E-state index is 11.8. The highest BCUT2D eigenvalue weighted by molar-refractivity contribution is 6.07. The average Bonchev–Trinajstić information content (AvgIpc) is 2.58. The predicted octanol–water partition coefficient (Wildman–Crippen LogP) is 4.00. The van der Waals surface area contributed by atoms with Gasteiger partial charge in [0.25, 0.3) is 0 Å². The minimum Gasteiger partial charge on any atom is -0.287 e. The molecule has 2 aromatic carbocycles. The number of rotatable bonds is 2. The molecule has 0 saturated carbocycles. The molecule has 1 heterocycles. The van der Waals surface area contributed by atoms with E-state index in [4.69, 9.17) is 0 Å². The van der Waals surface area contributed by atoms with Crippen molar-refractivity contribution in [3.63, 3.8) is 0 Å². The summed E-state index contributed by atoms with van der Waals surface area (Å²) in [6, 6.07) is 26.5. The van der Waals surface area contributed by atoms with Gasteiger partial charge in [0, 0.05) is 11.8 Å². The maximum Gasteiger partial charge on any atom is 0.211 e. The number of ketones is 1. The molecule has 0 saturated heterocycles. The van der Waals surface area contributed by atoms with E-state index >= 15 is 0 Å². The highest BCUT2D eigenvalue weighted by Gasteiger charge is 2.07. The van der Waals surface area contributed by atoms with Crippen molar-refractivity contribution in [2.24, 2.45) is 0 Å². The van der Waals surface area contributed by atoms with Gasteiger partial charge < -0.3 is 0 Å². The molecule has 0 bridgehead atoms. The smallest absolute Gasteiger partial charge is 0.211 e. The van der Waals surface area contributed by atoms with Crippen molar-refractivity contribution < 1.29 is 4.79 Å². The van der Waals surface area contributed by atoms with Gasteiger partial charge in [0.2, 0.25) is 5.78 Å². The molecule has 0 aliphatic rings. The number of hydrogen-bond donors (Lipinski definition) is 0. The normalized spacial score (nSPS) is 9.20. The quantitative estimate of drug-likeness (QED) is 0.653. The Hall–Kier alpha value is -2.74. The number of pyridine rings is 1. The van der Waals surface area contributed by atoms with Gasteiger partial charge in [0.15, 0.2) is 0 Å². The first-order chi connectivity index (χ1) is 9.88. The number of benzene rings is 2. The number of aromatic nitrogens is 1. The zero-order chi connectivity index (χ0) is 14.0. The van der Waals surface area contributed by atoms with E-state index in [1.54, 1.807) is 30.5 Å². The Morgan fingerprint density at radius 3 is 1.65 bits per heavy atom. The Bertz CT molecular complexity index is 553. The van der Waals surface area contributed by atoms with Gasteiger partial charge in [-0.25, -0.2) is 0 Å². The fraction of sp³-hybridized carbons (Fsp3) is 0. The number of carbonyl (C=O) groups is 1. The number of carbonyl (C=O) groups excluding carboxylic acids is 1. The van der Waals surface area contributed by atoms with Crippen molar-refractivity contribution >= 4 is 5.78 Å². The molecule has 0 amide bonds. The molecule has 0 radical (unpaired) electrons. The fourth-order valence-electron chi connectivity index (χ4n) is 1.62. The molecule has 3 aromatic rings. The Morgan fingerprint density at radius 1 is 0.650 bits per heavy atom. The SMILES string of the molecule is O=C(c1ccccc1)c1ccccn1.c1ccccc1. The average molecular weight is 261 g/mol. The third-order valence-corrected chi connectivity index (χ3v) is 2.60. The summed E-state index contributed by atoms with van der Waals surface area (Å²) >= 11 is 0. The van der Waals surface area contributed by atoms with Gasteiger partial charge in [-0.2, -0.15) is 0 Å². The van der Waals surface area contributed by atoms with Gasteiger partial charge in [0.05, 0.1) is 0 Å². The topological polar surface area (TPSA) is 30.0 Å². The molecule has 3 rings (SSSR count). The minimum absolute atomic E-state index is 0.0359. The highest BCUT2D eigenvalue weighted by Crippen LogP contribution is 2.06. The zero-order valence-corrected chi connectivity index (χ0v) is 11.0. The molecule has 0 aliphatic heterocycles. The molecule has 0 atom stereocenters. The molecule has 2 heteroatoms. The fourth-order valence-corrected chi connectivity index (χ4v) is 1.62. The van der Waals surface area contributed by atoms with E-state index < -0.39 is 0 Å². The molecule has 0 N–H and O–H groups in total. The van der Waals surface area contributed by atoms with E-state index in [0.29, 0.717) is 11.3 Å². The first-order valence-electron chi connectivity index (χ1n) is 6.39. The first kappa shape index (κ1) is 13.7. The van der Waals surface area contributed by atoms with Crippen LogP contribution in [0, 0.1) is 0 Å². The zero-order valence-electron chi connectivity index (χ0n) is 11.0. The van der Waals surface area contributed by atoms with E-state index in [9.17, 15) is 4.79 Å². The van der Waals surface area contributed by atoms with Crippen molar-refractivity contribution in [2.45, 2.75) is 0 Å². The Kier molecular flexibility index (Phi) is 5.23. The second-order valence-electron chi connectivity index (χ2n) is 4.06.